The maximum absolute atomic E-state index is 12.0. The van der Waals surface area contributed by atoms with Crippen molar-refractivity contribution in [2.75, 3.05) is 7.11 Å². The van der Waals surface area contributed by atoms with Crippen LogP contribution in [-0.4, -0.2) is 33.3 Å². The molecule has 4 aromatic rings. The van der Waals surface area contributed by atoms with Gasteiger partial charge in [0.05, 0.1) is 18.2 Å². The molecule has 0 aliphatic heterocycles. The molecule has 186 valence electrons. The highest BCUT2D eigenvalue weighted by Gasteiger charge is 2.31. The first kappa shape index (κ1) is 25.0. The number of hydrogen-bond acceptors (Lipinski definition) is 3. The van der Waals surface area contributed by atoms with Gasteiger partial charge in [0.15, 0.2) is 0 Å². The number of carbonyl (C=O) groups excluding carboxylic acids is 1. The summed E-state index contributed by atoms with van der Waals surface area (Å²) in [6.45, 7) is 3.83. The van der Waals surface area contributed by atoms with E-state index >= 15 is 0 Å². The van der Waals surface area contributed by atoms with E-state index < -0.39 is 5.97 Å². The van der Waals surface area contributed by atoms with Gasteiger partial charge in [-0.1, -0.05) is 56.0 Å². The summed E-state index contributed by atoms with van der Waals surface area (Å²) in [5, 5.41) is 9.36. The molecular formula is C30H32N2O4. The largest absolute Gasteiger partial charge is 0.478 e. The summed E-state index contributed by atoms with van der Waals surface area (Å²) < 4.78 is 9.02. The Morgan fingerprint density at radius 3 is 1.64 bits per heavy atom. The van der Waals surface area contributed by atoms with Crippen molar-refractivity contribution in [1.29, 1.82) is 0 Å². The van der Waals surface area contributed by atoms with E-state index in [-0.39, 0.29) is 13.4 Å². The topological polar surface area (TPSA) is 73.5 Å². The molecule has 6 nitrogen and oxygen atoms in total. The van der Waals surface area contributed by atoms with Gasteiger partial charge in [-0.3, -0.25) is 0 Å². The molecule has 36 heavy (non-hydrogen) atoms. The van der Waals surface area contributed by atoms with Gasteiger partial charge in [0.25, 0.3) is 0 Å². The number of methoxy groups -OCH3 is 1. The molecule has 0 unspecified atom stereocenters. The lowest BCUT2D eigenvalue weighted by molar-refractivity contribution is 0.0599. The lowest BCUT2D eigenvalue weighted by atomic mass is 10.0. The summed E-state index contributed by atoms with van der Waals surface area (Å²) in [4.78, 5) is 23.4. The molecular weight excluding hydrogens is 452 g/mol. The van der Waals surface area contributed by atoms with Crippen molar-refractivity contribution in [1.82, 2.24) is 9.13 Å². The quantitative estimate of drug-likeness (QED) is 0.309. The summed E-state index contributed by atoms with van der Waals surface area (Å²) in [7, 11) is 5.38. The molecule has 1 N–H and O–H groups in total. The average molecular weight is 485 g/mol. The highest BCUT2D eigenvalue weighted by molar-refractivity contribution is 6.02. The predicted molar refractivity (Wildman–Crippen MR) is 142 cm³/mol. The van der Waals surface area contributed by atoms with E-state index in [0.717, 1.165) is 52.2 Å². The Morgan fingerprint density at radius 2 is 1.19 bits per heavy atom. The number of ether oxygens (including phenoxy) is 1. The van der Waals surface area contributed by atoms with Crippen LogP contribution in [0.5, 0.6) is 0 Å². The third kappa shape index (κ3) is 3.56. The lowest BCUT2D eigenvalue weighted by Gasteiger charge is -2.05. The van der Waals surface area contributed by atoms with Crippen molar-refractivity contribution in [3.8, 4) is 22.3 Å². The van der Waals surface area contributed by atoms with Crippen molar-refractivity contribution in [2.24, 2.45) is 14.1 Å². The van der Waals surface area contributed by atoms with Crippen molar-refractivity contribution >= 4 is 11.9 Å². The molecule has 2 aromatic carbocycles. The van der Waals surface area contributed by atoms with Gasteiger partial charge in [-0.05, 0) is 36.1 Å². The van der Waals surface area contributed by atoms with Crippen LogP contribution >= 0.6 is 0 Å². The van der Waals surface area contributed by atoms with Crippen molar-refractivity contribution in [3.05, 3.63) is 93.6 Å². The highest BCUT2D eigenvalue weighted by atomic mass is 16.5. The van der Waals surface area contributed by atoms with Crippen molar-refractivity contribution in [3.63, 3.8) is 0 Å². The van der Waals surface area contributed by atoms with Crippen molar-refractivity contribution < 1.29 is 19.4 Å². The monoisotopic (exact) mass is 484 g/mol. The molecule has 2 aliphatic carbocycles. The standard InChI is InChI=1S/C15H15NO2.C14H13NO2.CH4/c1-9-13(15(17)18-3)14-11-7-5-4-6-10(11)8-12(14)16(9)2;1-8-12(14(16)17)13-10-6-4-3-5-9(10)7-11(13)15(8)2;/h4-7H,8H2,1-3H3;3-6H,7H2,1-2H3,(H,16,17);1H4. The predicted octanol–water partition coefficient (Wildman–Crippen LogP) is 5.93. The van der Waals surface area contributed by atoms with Gasteiger partial charge in [-0.2, -0.15) is 0 Å². The van der Waals surface area contributed by atoms with Gasteiger partial charge >= 0.3 is 11.9 Å². The van der Waals surface area contributed by atoms with Crippen molar-refractivity contribution in [2.45, 2.75) is 34.1 Å². The van der Waals surface area contributed by atoms with E-state index in [4.69, 9.17) is 4.74 Å². The molecule has 2 aliphatic rings. The Morgan fingerprint density at radius 1 is 0.778 bits per heavy atom. The zero-order chi connectivity index (χ0) is 25.0. The number of rotatable bonds is 2. The van der Waals surface area contributed by atoms with Gasteiger partial charge in [0, 0.05) is 60.8 Å². The molecule has 0 fully saturated rings. The lowest BCUT2D eigenvalue weighted by Crippen LogP contribution is -2.05. The fraction of sp³-hybridized carbons (Fsp3) is 0.267. The number of benzene rings is 2. The van der Waals surface area contributed by atoms with Crippen LogP contribution in [0.1, 0.15) is 62.0 Å². The highest BCUT2D eigenvalue weighted by Crippen LogP contribution is 2.42. The van der Waals surface area contributed by atoms with Crippen LogP contribution in [0.3, 0.4) is 0 Å². The molecule has 0 atom stereocenters. The zero-order valence-electron chi connectivity index (χ0n) is 20.6. The first-order valence-corrected chi connectivity index (χ1v) is 11.6. The van der Waals surface area contributed by atoms with Crippen LogP contribution in [0.4, 0.5) is 0 Å². The third-order valence-electron chi connectivity index (χ3n) is 7.51. The second kappa shape index (κ2) is 9.19. The summed E-state index contributed by atoms with van der Waals surface area (Å²) >= 11 is 0. The Bertz CT molecular complexity index is 1520. The normalized spacial score (nSPS) is 11.9. The zero-order valence-corrected chi connectivity index (χ0v) is 20.6. The average Bonchev–Trinajstić information content (AvgIpc) is 3.55. The number of aromatic carboxylic acids is 1. The number of esters is 1. The fourth-order valence-corrected chi connectivity index (χ4v) is 5.53. The SMILES string of the molecule is C.COC(=O)c1c2c(n(C)c1C)Cc1ccccc1-2.Cc1c(C(=O)O)c2c(n1C)Cc1ccccc1-2. The van der Waals surface area contributed by atoms with Gasteiger partial charge in [-0.15, -0.1) is 0 Å². The molecule has 0 amide bonds. The number of carbonyl (C=O) groups is 2. The fourth-order valence-electron chi connectivity index (χ4n) is 5.53. The number of nitrogens with zero attached hydrogens (tertiary/aromatic N) is 2. The van der Waals surface area contributed by atoms with Crippen LogP contribution in [0.15, 0.2) is 48.5 Å². The van der Waals surface area contributed by atoms with E-state index in [2.05, 4.69) is 22.8 Å². The van der Waals surface area contributed by atoms with Crippen LogP contribution in [0.25, 0.3) is 22.3 Å². The summed E-state index contributed by atoms with van der Waals surface area (Å²) in [5.41, 5.74) is 12.0. The maximum Gasteiger partial charge on any atom is 0.340 e. The van der Waals surface area contributed by atoms with Crippen LogP contribution in [0, 0.1) is 13.8 Å². The minimum Gasteiger partial charge on any atom is -0.478 e. The van der Waals surface area contributed by atoms with Gasteiger partial charge in [0.1, 0.15) is 0 Å². The Hall–Kier alpha value is -4.06. The molecule has 0 saturated heterocycles. The molecule has 2 aromatic heterocycles. The maximum atomic E-state index is 12.0. The molecule has 6 rings (SSSR count). The van der Waals surface area contributed by atoms with E-state index in [9.17, 15) is 14.7 Å². The number of carboxylic acid groups (broad SMARTS) is 1. The number of aromatic nitrogens is 2. The minimum atomic E-state index is -0.837. The smallest absolute Gasteiger partial charge is 0.340 e. The van der Waals surface area contributed by atoms with E-state index in [1.807, 2.05) is 62.8 Å². The first-order chi connectivity index (χ1) is 16.8. The van der Waals surface area contributed by atoms with E-state index in [1.54, 1.807) is 0 Å². The van der Waals surface area contributed by atoms with E-state index in [0.29, 0.717) is 11.1 Å². The minimum absolute atomic E-state index is 0. The summed E-state index contributed by atoms with van der Waals surface area (Å²) in [5.74, 6) is -1.09. The first-order valence-electron chi connectivity index (χ1n) is 11.6. The number of carboxylic acids is 1. The Labute approximate surface area is 211 Å². The number of fused-ring (bicyclic) bond motifs is 6. The molecule has 6 heteroatoms. The van der Waals surface area contributed by atoms with Gasteiger partial charge in [0.2, 0.25) is 0 Å². The van der Waals surface area contributed by atoms with E-state index in [1.165, 1.54) is 23.9 Å². The molecule has 0 radical (unpaired) electrons. The molecule has 0 bridgehead atoms. The number of hydrogen-bond donors (Lipinski definition) is 1. The van der Waals surface area contributed by atoms with Crippen LogP contribution in [-0.2, 0) is 31.7 Å². The molecule has 2 heterocycles. The van der Waals surface area contributed by atoms with Crippen LogP contribution < -0.4 is 0 Å². The summed E-state index contributed by atoms with van der Waals surface area (Å²) in [6, 6.07) is 16.3. The van der Waals surface area contributed by atoms with Gasteiger partial charge < -0.3 is 19.0 Å². The second-order valence-electron chi connectivity index (χ2n) is 9.15. The summed E-state index contributed by atoms with van der Waals surface area (Å²) in [6.07, 6.45) is 1.72. The Kier molecular flexibility index (Phi) is 6.39. The third-order valence-corrected chi connectivity index (χ3v) is 7.51. The Balaban J connectivity index is 0.000000165. The van der Waals surface area contributed by atoms with Crippen LogP contribution in [0.2, 0.25) is 0 Å². The molecule has 0 spiro atoms. The molecule has 0 saturated carbocycles. The van der Waals surface area contributed by atoms with Gasteiger partial charge in [-0.25, -0.2) is 9.59 Å². The second-order valence-corrected chi connectivity index (χ2v) is 9.15.